The van der Waals surface area contributed by atoms with E-state index in [9.17, 15) is 25.5 Å². The van der Waals surface area contributed by atoms with Crippen molar-refractivity contribution >= 4 is 73.0 Å². The molecule has 0 aliphatic carbocycles. The standard InChI is InChI=1S/C52H38N2O5S/c1-2-39-47(55)45-44(49(57)48(39)56)46(50(58)51(59)52(45)60)53(37-23-18-31(19-24-37)34-17-16-30-10-6-7-11-33(30)28-34)38-25-20-32(21-26-38)35-22-27-43-41(29-35)40-14-8-9-15-42(40)54(43)36-12-4-3-5-13-36/h3-29,55-60H,2H2,1H3. The lowest BCUT2D eigenvalue weighted by Gasteiger charge is -2.29. The summed E-state index contributed by atoms with van der Waals surface area (Å²) < 4.78 is 2.28. The van der Waals surface area contributed by atoms with Crippen molar-refractivity contribution < 1.29 is 25.5 Å². The van der Waals surface area contributed by atoms with E-state index in [4.69, 9.17) is 0 Å². The zero-order valence-corrected chi connectivity index (χ0v) is 33.3. The van der Waals surface area contributed by atoms with Crippen LogP contribution in [0.4, 0.5) is 17.1 Å². The number of aromatic nitrogens is 1. The third-order valence-electron chi connectivity index (χ3n) is 11.6. The van der Waals surface area contributed by atoms with Gasteiger partial charge in [0, 0.05) is 38.8 Å². The van der Waals surface area contributed by atoms with Crippen molar-refractivity contribution in [3.8, 4) is 56.7 Å². The van der Waals surface area contributed by atoms with Gasteiger partial charge in [-0.05, 0) is 100 Å². The highest BCUT2D eigenvalue weighted by Gasteiger charge is 2.31. The molecule has 1 aromatic heterocycles. The minimum atomic E-state index is -0.589. The fraction of sp³-hybridized carbons (Fsp3) is 0.0385. The minimum Gasteiger partial charge on any atom is -0.507 e. The number of rotatable bonds is 7. The maximum atomic E-state index is 11.8. The van der Waals surface area contributed by atoms with Gasteiger partial charge in [0.1, 0.15) is 11.4 Å². The highest BCUT2D eigenvalue weighted by Crippen LogP contribution is 2.58. The second kappa shape index (κ2) is 14.4. The number of anilines is 3. The van der Waals surface area contributed by atoms with Gasteiger partial charge in [-0.25, -0.2) is 0 Å². The molecule has 0 aliphatic rings. The molecular formula is C52H38N2O5S. The predicted octanol–water partition coefficient (Wildman–Crippen LogP) is 13.3. The van der Waals surface area contributed by atoms with Gasteiger partial charge in [0.2, 0.25) is 0 Å². The van der Waals surface area contributed by atoms with Crippen molar-refractivity contribution in [1.82, 2.24) is 4.57 Å². The summed E-state index contributed by atoms with van der Waals surface area (Å²) in [5.41, 5.74) is 8.38. The van der Waals surface area contributed by atoms with Crippen LogP contribution in [-0.4, -0.2) is 30.1 Å². The fourth-order valence-corrected chi connectivity index (χ4v) is 8.95. The van der Waals surface area contributed by atoms with Crippen LogP contribution in [0.1, 0.15) is 12.5 Å². The number of fused-ring (bicyclic) bond motifs is 5. The van der Waals surface area contributed by atoms with Crippen molar-refractivity contribution in [2.75, 3.05) is 4.90 Å². The van der Waals surface area contributed by atoms with Gasteiger partial charge in [0.05, 0.1) is 21.3 Å². The number of thiol groups is 1. The van der Waals surface area contributed by atoms with E-state index in [1.807, 2.05) is 78.9 Å². The number of hydrogen-bond acceptors (Lipinski definition) is 7. The lowest BCUT2D eigenvalue weighted by Crippen LogP contribution is -2.11. The normalized spacial score (nSPS) is 11.6. The molecule has 0 unspecified atom stereocenters. The summed E-state index contributed by atoms with van der Waals surface area (Å²) in [4.78, 5) is 1.55. The van der Waals surface area contributed by atoms with Crippen LogP contribution in [0.25, 0.3) is 71.3 Å². The van der Waals surface area contributed by atoms with E-state index < -0.39 is 23.0 Å². The van der Waals surface area contributed by atoms with Crippen LogP contribution >= 0.6 is 12.6 Å². The molecule has 10 rings (SSSR count). The Kier molecular flexibility index (Phi) is 8.81. The van der Waals surface area contributed by atoms with Gasteiger partial charge in [0.25, 0.3) is 0 Å². The van der Waals surface area contributed by atoms with E-state index in [2.05, 4.69) is 102 Å². The van der Waals surface area contributed by atoms with Gasteiger partial charge >= 0.3 is 0 Å². The molecule has 9 aromatic carbocycles. The monoisotopic (exact) mass is 802 g/mol. The maximum absolute atomic E-state index is 11.8. The number of phenolic OH excluding ortho intramolecular Hbond substituents is 5. The summed E-state index contributed by atoms with van der Waals surface area (Å²) in [5, 5.41) is 61.9. The average molecular weight is 803 g/mol. The largest absolute Gasteiger partial charge is 0.507 e. The van der Waals surface area contributed by atoms with Crippen LogP contribution in [-0.2, 0) is 6.42 Å². The Hall–Kier alpha value is -7.55. The SMILES string of the molecule is CCc1c(O)c(O)c2c(N(c3ccc(-c4ccc5ccccc5c4)cc3)c3ccc(-c4ccc5c(c4)c4ccccc4n5-c4ccccc4)cc3)c(O)c(O)c(S)c2c1O. The van der Waals surface area contributed by atoms with E-state index in [1.54, 1.807) is 11.8 Å². The first-order chi connectivity index (χ1) is 29.2. The first-order valence-electron chi connectivity index (χ1n) is 19.7. The molecule has 0 radical (unpaired) electrons. The molecule has 8 heteroatoms. The summed E-state index contributed by atoms with van der Waals surface area (Å²) in [6.07, 6.45) is 0.186. The number of para-hydroxylation sites is 2. The maximum Gasteiger partial charge on any atom is 0.184 e. The topological polar surface area (TPSA) is 109 Å². The van der Waals surface area contributed by atoms with E-state index in [0.717, 1.165) is 60.5 Å². The van der Waals surface area contributed by atoms with Crippen molar-refractivity contribution in [2.24, 2.45) is 0 Å². The quantitative estimate of drug-likeness (QED) is 0.0544. The molecular weight excluding hydrogens is 765 g/mol. The van der Waals surface area contributed by atoms with Crippen LogP contribution in [0, 0.1) is 0 Å². The molecule has 0 saturated heterocycles. The highest BCUT2D eigenvalue weighted by molar-refractivity contribution is 7.80. The molecule has 292 valence electrons. The predicted molar refractivity (Wildman–Crippen MR) is 246 cm³/mol. The Morgan fingerprint density at radius 2 is 1.03 bits per heavy atom. The molecule has 0 saturated carbocycles. The molecule has 7 nitrogen and oxygen atoms in total. The Bertz CT molecular complexity index is 3310. The first-order valence-corrected chi connectivity index (χ1v) is 20.1. The molecule has 5 N–H and O–H groups in total. The molecule has 0 aliphatic heterocycles. The highest BCUT2D eigenvalue weighted by atomic mass is 32.1. The second-order valence-electron chi connectivity index (χ2n) is 14.9. The lowest BCUT2D eigenvalue weighted by atomic mass is 9.96. The number of hydrogen-bond donors (Lipinski definition) is 6. The Morgan fingerprint density at radius 1 is 0.467 bits per heavy atom. The summed E-state index contributed by atoms with van der Waals surface area (Å²) >= 11 is 4.48. The molecule has 0 amide bonds. The molecule has 60 heavy (non-hydrogen) atoms. The van der Waals surface area contributed by atoms with E-state index >= 15 is 0 Å². The summed E-state index contributed by atoms with van der Waals surface area (Å²) in [5.74, 6) is -2.60. The third kappa shape index (κ3) is 5.75. The molecule has 10 aromatic rings. The van der Waals surface area contributed by atoms with Crippen molar-refractivity contribution in [3.63, 3.8) is 0 Å². The van der Waals surface area contributed by atoms with Crippen LogP contribution in [0.2, 0.25) is 0 Å². The van der Waals surface area contributed by atoms with Gasteiger partial charge in [-0.3, -0.25) is 0 Å². The first kappa shape index (κ1) is 36.8. The summed E-state index contributed by atoms with van der Waals surface area (Å²) in [6.45, 7) is 1.73. The van der Waals surface area contributed by atoms with Crippen LogP contribution in [0.5, 0.6) is 28.7 Å². The Morgan fingerprint density at radius 3 is 1.72 bits per heavy atom. The van der Waals surface area contributed by atoms with Gasteiger partial charge in [-0.1, -0.05) is 110 Å². The number of aromatic hydroxyl groups is 5. The summed E-state index contributed by atoms with van der Waals surface area (Å²) in [6, 6.07) is 55.1. The molecule has 1 heterocycles. The van der Waals surface area contributed by atoms with Gasteiger partial charge < -0.3 is 35.0 Å². The van der Waals surface area contributed by atoms with Crippen molar-refractivity contribution in [3.05, 3.63) is 169 Å². The Balaban J connectivity index is 1.14. The van der Waals surface area contributed by atoms with Crippen LogP contribution in [0.3, 0.4) is 0 Å². The number of phenols is 5. The summed E-state index contributed by atoms with van der Waals surface area (Å²) in [7, 11) is 0. The van der Waals surface area contributed by atoms with Crippen LogP contribution in [0.15, 0.2) is 169 Å². The average Bonchev–Trinajstić information content (AvgIpc) is 3.62. The fourth-order valence-electron chi connectivity index (χ4n) is 8.63. The van der Waals surface area contributed by atoms with Gasteiger partial charge in [-0.2, -0.15) is 0 Å². The van der Waals surface area contributed by atoms with Crippen LogP contribution < -0.4 is 4.90 Å². The molecule has 0 atom stereocenters. The number of benzene rings is 9. The van der Waals surface area contributed by atoms with E-state index in [1.165, 1.54) is 0 Å². The molecule has 0 spiro atoms. The minimum absolute atomic E-state index is 0.00634. The molecule has 0 fully saturated rings. The van der Waals surface area contributed by atoms with E-state index in [0.29, 0.717) is 11.4 Å². The zero-order chi connectivity index (χ0) is 41.2. The van der Waals surface area contributed by atoms with Crippen molar-refractivity contribution in [2.45, 2.75) is 18.2 Å². The smallest absolute Gasteiger partial charge is 0.184 e. The molecule has 0 bridgehead atoms. The van der Waals surface area contributed by atoms with Gasteiger partial charge in [0.15, 0.2) is 23.0 Å². The van der Waals surface area contributed by atoms with E-state index in [-0.39, 0.29) is 39.1 Å². The second-order valence-corrected chi connectivity index (χ2v) is 15.4. The number of nitrogens with zero attached hydrogens (tertiary/aromatic N) is 2. The third-order valence-corrected chi connectivity index (χ3v) is 12.0. The Labute approximate surface area is 350 Å². The lowest BCUT2D eigenvalue weighted by molar-refractivity contribution is 0.389. The van der Waals surface area contributed by atoms with Gasteiger partial charge in [-0.15, -0.1) is 12.6 Å². The van der Waals surface area contributed by atoms with Crippen molar-refractivity contribution in [1.29, 1.82) is 0 Å². The zero-order valence-electron chi connectivity index (χ0n) is 32.4.